The molecule has 218 valence electrons. The quantitative estimate of drug-likeness (QED) is 0.0926. The van der Waals surface area contributed by atoms with Crippen LogP contribution in [0, 0.1) is 0 Å². The van der Waals surface area contributed by atoms with Crippen LogP contribution in [0.3, 0.4) is 0 Å². The van der Waals surface area contributed by atoms with Crippen molar-refractivity contribution in [1.29, 1.82) is 0 Å². The second-order valence-corrected chi connectivity index (χ2v) is 10.7. The van der Waals surface area contributed by atoms with Gasteiger partial charge in [0, 0.05) is 24.6 Å². The van der Waals surface area contributed by atoms with E-state index in [9.17, 15) is 9.59 Å². The lowest BCUT2D eigenvalue weighted by molar-refractivity contribution is -0.182. The number of hydrogen-bond donors (Lipinski definition) is 0. The van der Waals surface area contributed by atoms with Crippen LogP contribution in [0.1, 0.15) is 49.7 Å². The van der Waals surface area contributed by atoms with E-state index >= 15 is 0 Å². The Balaban J connectivity index is 2.09. The molecule has 2 unspecified atom stereocenters. The Morgan fingerprint density at radius 3 is 1.32 bits per heavy atom. The van der Waals surface area contributed by atoms with Crippen molar-refractivity contribution in [3.8, 4) is 0 Å². The molecule has 0 saturated carbocycles. The third-order valence-corrected chi connectivity index (χ3v) is 6.92. The molecule has 0 amide bonds. The lowest BCUT2D eigenvalue weighted by atomic mass is 10.00. The molecule has 2 rings (SSSR count). The fraction of sp³-hybridized carbons (Fsp3) is 0.438. The van der Waals surface area contributed by atoms with E-state index in [4.69, 9.17) is 32.7 Å². The maximum atomic E-state index is 12.8. The number of nitrogens with zero attached hydrogens (tertiary/aromatic N) is 2. The van der Waals surface area contributed by atoms with E-state index in [0.717, 1.165) is 48.0 Å². The maximum absolute atomic E-state index is 12.8. The standard InChI is InChI=1S/C32H42Cl2N2O4/c1-35(2)29(21-19-27(17-11-23-33)25-13-7-5-8-14-25)39-31(37)32(38)40-30(36(3)4)22-20-28(18-12-24-34)26-15-9-6-10-16-26/h5-10,13-16,19-20,29-30H,11-12,17-18,21-24H2,1-4H3. The van der Waals surface area contributed by atoms with E-state index in [1.54, 1.807) is 38.0 Å². The minimum Gasteiger partial charge on any atom is -0.438 e. The zero-order valence-corrected chi connectivity index (χ0v) is 25.5. The van der Waals surface area contributed by atoms with Gasteiger partial charge in [-0.05, 0) is 76.1 Å². The largest absolute Gasteiger partial charge is 0.438 e. The molecule has 2 atom stereocenters. The normalized spacial score (nSPS) is 13.8. The first kappa shape index (κ1) is 33.6. The van der Waals surface area contributed by atoms with Crippen LogP contribution in [0.2, 0.25) is 0 Å². The number of allylic oxidation sites excluding steroid dienone is 2. The van der Waals surface area contributed by atoms with Gasteiger partial charge < -0.3 is 9.47 Å². The number of halogens is 2. The van der Waals surface area contributed by atoms with Crippen molar-refractivity contribution in [2.24, 2.45) is 0 Å². The van der Waals surface area contributed by atoms with Gasteiger partial charge in [-0.1, -0.05) is 72.8 Å². The molecular weight excluding hydrogens is 547 g/mol. The van der Waals surface area contributed by atoms with Gasteiger partial charge in [-0.2, -0.15) is 0 Å². The molecule has 40 heavy (non-hydrogen) atoms. The Bertz CT molecular complexity index is 1000. The predicted octanol–water partition coefficient (Wildman–Crippen LogP) is 6.83. The summed E-state index contributed by atoms with van der Waals surface area (Å²) in [5.74, 6) is -0.918. The van der Waals surface area contributed by atoms with E-state index in [2.05, 4.69) is 0 Å². The molecule has 0 heterocycles. The summed E-state index contributed by atoms with van der Waals surface area (Å²) in [7, 11) is 7.21. The molecule has 0 aliphatic carbocycles. The molecule has 0 bridgehead atoms. The summed E-state index contributed by atoms with van der Waals surface area (Å²) in [5, 5.41) is 0. The highest BCUT2D eigenvalue weighted by molar-refractivity contribution is 6.29. The van der Waals surface area contributed by atoms with Gasteiger partial charge in [-0.3, -0.25) is 9.80 Å². The number of ether oxygens (including phenoxy) is 2. The van der Waals surface area contributed by atoms with E-state index in [0.29, 0.717) is 24.6 Å². The third kappa shape index (κ3) is 11.8. The number of carbonyl (C=O) groups is 2. The van der Waals surface area contributed by atoms with Crippen LogP contribution >= 0.6 is 23.2 Å². The van der Waals surface area contributed by atoms with Crippen LogP contribution in [0.5, 0.6) is 0 Å². The summed E-state index contributed by atoms with van der Waals surface area (Å²) in [6.07, 6.45) is 6.93. The van der Waals surface area contributed by atoms with Crippen molar-refractivity contribution in [3.05, 3.63) is 83.9 Å². The first-order valence-corrected chi connectivity index (χ1v) is 14.7. The minimum absolute atomic E-state index is 0.416. The zero-order valence-electron chi connectivity index (χ0n) is 24.0. The van der Waals surface area contributed by atoms with Gasteiger partial charge in [0.1, 0.15) is 0 Å². The summed E-state index contributed by atoms with van der Waals surface area (Å²) in [5.41, 5.74) is 4.43. The van der Waals surface area contributed by atoms with Gasteiger partial charge in [0.15, 0.2) is 12.5 Å². The van der Waals surface area contributed by atoms with Crippen molar-refractivity contribution in [3.63, 3.8) is 0 Å². The Morgan fingerprint density at radius 2 is 1.02 bits per heavy atom. The first-order chi connectivity index (χ1) is 19.3. The van der Waals surface area contributed by atoms with Gasteiger partial charge in [-0.25, -0.2) is 9.59 Å². The summed E-state index contributed by atoms with van der Waals surface area (Å²) in [4.78, 5) is 29.1. The van der Waals surface area contributed by atoms with Crippen LogP contribution in [-0.4, -0.2) is 74.1 Å². The van der Waals surface area contributed by atoms with Crippen LogP contribution in [-0.2, 0) is 19.1 Å². The Morgan fingerprint density at radius 1 is 0.675 bits per heavy atom. The molecule has 0 fully saturated rings. The number of benzene rings is 2. The predicted molar refractivity (Wildman–Crippen MR) is 165 cm³/mol. The van der Waals surface area contributed by atoms with Gasteiger partial charge in [0.25, 0.3) is 0 Å². The average Bonchev–Trinajstić information content (AvgIpc) is 2.96. The SMILES string of the molecule is CN(C)C(CC=C(CCCCl)c1ccccc1)OC(=O)C(=O)OC(CC=C(CCCCl)c1ccccc1)N(C)C. The second kappa shape index (κ2) is 18.7. The minimum atomic E-state index is -1.02. The monoisotopic (exact) mass is 588 g/mol. The molecule has 0 aliphatic rings. The number of alkyl halides is 2. The highest BCUT2D eigenvalue weighted by Crippen LogP contribution is 2.23. The van der Waals surface area contributed by atoms with Gasteiger partial charge >= 0.3 is 11.9 Å². The molecule has 0 aromatic heterocycles. The van der Waals surface area contributed by atoms with E-state index in [1.165, 1.54) is 0 Å². The van der Waals surface area contributed by atoms with E-state index in [1.807, 2.05) is 72.8 Å². The fourth-order valence-corrected chi connectivity index (χ4v) is 4.37. The topological polar surface area (TPSA) is 59.1 Å². The second-order valence-electron chi connectivity index (χ2n) is 9.89. The number of rotatable bonds is 16. The maximum Gasteiger partial charge on any atom is 0.419 e. The number of hydrogen-bond acceptors (Lipinski definition) is 6. The number of carbonyl (C=O) groups excluding carboxylic acids is 2. The molecule has 2 aromatic rings. The molecule has 0 saturated heterocycles. The van der Waals surface area contributed by atoms with Gasteiger partial charge in [-0.15, -0.1) is 23.2 Å². The number of esters is 2. The zero-order chi connectivity index (χ0) is 29.3. The summed E-state index contributed by atoms with van der Waals surface area (Å²) >= 11 is 11.9. The lowest BCUT2D eigenvalue weighted by Crippen LogP contribution is -2.39. The smallest absolute Gasteiger partial charge is 0.419 e. The van der Waals surface area contributed by atoms with Crippen molar-refractivity contribution in [2.45, 2.75) is 51.0 Å². The van der Waals surface area contributed by atoms with Crippen molar-refractivity contribution in [2.75, 3.05) is 40.0 Å². The lowest BCUT2D eigenvalue weighted by Gasteiger charge is -2.25. The third-order valence-electron chi connectivity index (χ3n) is 6.39. The molecular formula is C32H42Cl2N2O4. The molecule has 6 nitrogen and oxygen atoms in total. The van der Waals surface area contributed by atoms with Crippen LogP contribution in [0.15, 0.2) is 72.8 Å². The highest BCUT2D eigenvalue weighted by Gasteiger charge is 2.27. The fourth-order valence-electron chi connectivity index (χ4n) is 4.11. The van der Waals surface area contributed by atoms with E-state index in [-0.39, 0.29) is 0 Å². The molecule has 0 spiro atoms. The molecule has 0 aliphatic heterocycles. The Hall–Kier alpha value is -2.64. The van der Waals surface area contributed by atoms with Gasteiger partial charge in [0.05, 0.1) is 0 Å². The molecule has 8 heteroatoms. The van der Waals surface area contributed by atoms with Crippen LogP contribution in [0.4, 0.5) is 0 Å². The summed E-state index contributed by atoms with van der Waals surface area (Å²) in [6.45, 7) is 0. The van der Waals surface area contributed by atoms with Crippen molar-refractivity contribution < 1.29 is 19.1 Å². The molecule has 0 radical (unpaired) electrons. The van der Waals surface area contributed by atoms with Crippen molar-refractivity contribution in [1.82, 2.24) is 9.80 Å². The summed E-state index contributed by atoms with van der Waals surface area (Å²) < 4.78 is 11.2. The Kier molecular flexibility index (Phi) is 15.7. The average molecular weight is 590 g/mol. The Labute approximate surface area is 249 Å². The first-order valence-electron chi connectivity index (χ1n) is 13.6. The van der Waals surface area contributed by atoms with Gasteiger partial charge in [0.2, 0.25) is 0 Å². The molecule has 2 aromatic carbocycles. The van der Waals surface area contributed by atoms with Crippen LogP contribution in [0.25, 0.3) is 11.1 Å². The summed E-state index contributed by atoms with van der Waals surface area (Å²) in [6, 6.07) is 20.1. The molecule has 0 N–H and O–H groups in total. The van der Waals surface area contributed by atoms with Crippen LogP contribution < -0.4 is 0 Å². The van der Waals surface area contributed by atoms with E-state index < -0.39 is 24.4 Å². The van der Waals surface area contributed by atoms with Crippen molar-refractivity contribution >= 4 is 46.3 Å². The highest BCUT2D eigenvalue weighted by atomic mass is 35.5.